The van der Waals surface area contributed by atoms with E-state index in [0.29, 0.717) is 47.3 Å². The van der Waals surface area contributed by atoms with Gasteiger partial charge in [-0.15, -0.1) is 45.3 Å². The summed E-state index contributed by atoms with van der Waals surface area (Å²) in [5, 5.41) is 44.5. The number of aryl methyl sites for hydroxylation is 12. The highest BCUT2D eigenvalue weighted by atomic mass is 79.9. The van der Waals surface area contributed by atoms with Crippen LogP contribution in [0.1, 0.15) is 177 Å². The second-order valence-electron chi connectivity index (χ2n) is 25.6. The molecule has 22 nitrogen and oxygen atoms in total. The van der Waals surface area contributed by atoms with Crippen molar-refractivity contribution in [2.45, 2.75) is 157 Å². The van der Waals surface area contributed by atoms with E-state index in [2.05, 4.69) is 121 Å². The lowest BCUT2D eigenvalue weighted by molar-refractivity contribution is 0.0701. The first-order chi connectivity index (χ1) is 50.7. The average Bonchev–Trinajstić information content (AvgIpc) is 1.56. The smallest absolute Gasteiger partial charge is 0.477 e. The number of aromatic amines is 2. The highest BCUT2D eigenvalue weighted by Gasteiger charge is 2.23. The van der Waals surface area contributed by atoms with Crippen molar-refractivity contribution >= 4 is 147 Å². The topological polar surface area (TPSA) is 339 Å². The standard InChI is InChI=1S/C22H21N5OS.C16H19BN2O3S.C16H17BrN2OS.C9H10O2S.C7H9BrN2.C5H3ClN4/c1-13-8-15(20-16-6-7-23-21(16)27-12-26-20)10-24-17(13)11-25-22(28)19-9-14-4-2-3-5-18(14)29-19;1-10-6-12(17(21)22)8-18-13(10)9-19-16(20)15-7-11-4-2-3-5-14(11)23-15;1-10-6-12(17)8-18-13(10)9-19-16(20)15-7-11-4-2-3-5-14(11)21-15;10-9(11)8-5-6-3-1-2-4-7(6)12-8;1-5-2-6(8)4-10-7(5)3-9;6-4-3-1-9-10-5(3)8-2-7-4/h6-10,12H,2-5,11H2,1H3,(H,25,28)(H,23,26,27);6-8,21-22H,2-5,9H2,1H3,(H,19,20);6-8H,2-5,9H2,1H3,(H,19,20);5H,1-4H2,(H,10,11);2,4H,3,9H2,1H3;1-2H,(H,7,8,9,10). The molecule has 4 aliphatic carbocycles. The highest BCUT2D eigenvalue weighted by Crippen LogP contribution is 2.34. The Hall–Kier alpha value is -8.36. The first-order valence-corrected chi connectivity index (χ1v) is 39.8. The van der Waals surface area contributed by atoms with Crippen LogP contribution >= 0.6 is 88.8 Å². The van der Waals surface area contributed by atoms with E-state index in [4.69, 9.17) is 32.5 Å². The third-order valence-electron chi connectivity index (χ3n) is 18.1. The number of aromatic nitrogens is 11. The fourth-order valence-corrected chi connectivity index (χ4v) is 18.1. The minimum absolute atomic E-state index is 0.0125. The number of nitrogens with one attached hydrogen (secondary N) is 5. The van der Waals surface area contributed by atoms with Gasteiger partial charge >= 0.3 is 13.1 Å². The van der Waals surface area contributed by atoms with Gasteiger partial charge in [0.25, 0.3) is 17.7 Å². The number of nitrogens with zero attached hydrogens (tertiary/aromatic N) is 9. The molecule has 3 amide bonds. The molecule has 30 heteroatoms. The molecule has 0 saturated carbocycles. The normalized spacial score (nSPS) is 13.2. The Labute approximate surface area is 645 Å². The fraction of sp³-hybridized carbons (Fsp3) is 0.320. The Morgan fingerprint density at radius 2 is 0.924 bits per heavy atom. The average molecular weight is 1640 g/mol. The molecule has 12 heterocycles. The molecule has 544 valence electrons. The summed E-state index contributed by atoms with van der Waals surface area (Å²) in [5.41, 5.74) is 21.9. The van der Waals surface area contributed by atoms with Crippen LogP contribution in [0, 0.1) is 27.7 Å². The monoisotopic (exact) mass is 1630 g/mol. The molecule has 0 atom stereocenters. The van der Waals surface area contributed by atoms with Crippen molar-refractivity contribution in [1.82, 2.24) is 71.0 Å². The Kier molecular flexibility index (Phi) is 27.6. The maximum absolute atomic E-state index is 12.6. The van der Waals surface area contributed by atoms with E-state index in [1.54, 1.807) is 65.0 Å². The summed E-state index contributed by atoms with van der Waals surface area (Å²) in [5.74, 6) is -0.857. The third-order valence-corrected chi connectivity index (χ3v) is 24.2. The summed E-state index contributed by atoms with van der Waals surface area (Å²) >= 11 is 18.7. The van der Waals surface area contributed by atoms with Crippen molar-refractivity contribution in [2.24, 2.45) is 5.73 Å². The summed E-state index contributed by atoms with van der Waals surface area (Å²) in [7, 11) is -1.53. The quantitative estimate of drug-likeness (QED) is 0.0382. The van der Waals surface area contributed by atoms with Crippen LogP contribution in [0.15, 0.2) is 113 Å². The van der Waals surface area contributed by atoms with Crippen molar-refractivity contribution in [1.29, 1.82) is 0 Å². The van der Waals surface area contributed by atoms with Crippen molar-refractivity contribution in [2.75, 3.05) is 0 Å². The molecule has 10 N–H and O–H groups in total. The van der Waals surface area contributed by atoms with Gasteiger partial charge in [-0.2, -0.15) is 5.10 Å². The van der Waals surface area contributed by atoms with Gasteiger partial charge in [0.05, 0.1) is 74.3 Å². The minimum Gasteiger partial charge on any atom is -0.477 e. The summed E-state index contributed by atoms with van der Waals surface area (Å²) in [6, 6.07) is 17.7. The van der Waals surface area contributed by atoms with E-state index < -0.39 is 13.1 Å². The first kappa shape index (κ1) is 77.7. The van der Waals surface area contributed by atoms with Gasteiger partial charge in [0.1, 0.15) is 28.3 Å². The number of fused-ring (bicyclic) bond motifs is 6. The zero-order chi connectivity index (χ0) is 74.1. The zero-order valence-electron chi connectivity index (χ0n) is 58.4. The van der Waals surface area contributed by atoms with Crippen LogP contribution < -0.4 is 27.1 Å². The highest BCUT2D eigenvalue weighted by molar-refractivity contribution is 9.10. The number of hydrogen-bond donors (Lipinski definition) is 9. The van der Waals surface area contributed by atoms with E-state index in [1.165, 1.54) is 117 Å². The minimum atomic E-state index is -1.53. The molecule has 0 saturated heterocycles. The number of nitrogens with two attached hydrogens (primary N) is 1. The second kappa shape index (κ2) is 37.3. The van der Waals surface area contributed by atoms with Gasteiger partial charge in [-0.1, -0.05) is 17.7 Å². The zero-order valence-corrected chi connectivity index (χ0v) is 65.6. The molecule has 12 aromatic rings. The van der Waals surface area contributed by atoms with Crippen molar-refractivity contribution in [3.05, 3.63) is 225 Å². The SMILES string of the molecule is Cc1cc(-c2ncnc3[nH]ccc23)cnc1CNC(=O)c1cc2c(s1)CCCC2.Cc1cc(B(O)O)cnc1CNC(=O)c1cc2c(s1)CCCC2.Cc1cc(Br)cnc1CN.Cc1cc(Br)cnc1CNC(=O)c1cc2c(s1)CCCC2.Clc1ncnc2[nH]ncc12.O=C(O)c1cc2c(s1)CCCC2. The van der Waals surface area contributed by atoms with Crippen molar-refractivity contribution < 1.29 is 34.3 Å². The lowest BCUT2D eigenvalue weighted by Gasteiger charge is -2.09. The van der Waals surface area contributed by atoms with Crippen LogP contribution in [0.5, 0.6) is 0 Å². The van der Waals surface area contributed by atoms with Crippen LogP contribution in [-0.2, 0) is 77.5 Å². The number of pyridine rings is 4. The number of amides is 3. The molecule has 0 unspecified atom stereocenters. The summed E-state index contributed by atoms with van der Waals surface area (Å²) in [4.78, 5) is 92.8. The molecule has 4 aliphatic rings. The van der Waals surface area contributed by atoms with Crippen LogP contribution in [-0.4, -0.2) is 101 Å². The van der Waals surface area contributed by atoms with Crippen LogP contribution in [0.2, 0.25) is 5.15 Å². The number of halogens is 3. The number of carboxylic acids is 1. The van der Waals surface area contributed by atoms with Gasteiger partial charge in [-0.3, -0.25) is 39.4 Å². The summed E-state index contributed by atoms with van der Waals surface area (Å²) in [6.45, 7) is 9.58. The largest absolute Gasteiger partial charge is 0.490 e. The van der Waals surface area contributed by atoms with Gasteiger partial charge in [0.15, 0.2) is 5.65 Å². The second-order valence-corrected chi connectivity index (χ2v) is 32.3. The molecule has 105 heavy (non-hydrogen) atoms. The van der Waals surface area contributed by atoms with E-state index >= 15 is 0 Å². The van der Waals surface area contributed by atoms with Crippen molar-refractivity contribution in [3.63, 3.8) is 0 Å². The van der Waals surface area contributed by atoms with Gasteiger partial charge in [-0.05, 0) is 255 Å². The molecule has 0 aliphatic heterocycles. The number of H-pyrrole nitrogens is 2. The fourth-order valence-electron chi connectivity index (χ4n) is 12.4. The number of hydrogen-bond acceptors (Lipinski definition) is 20. The first-order valence-electron chi connectivity index (χ1n) is 34.6. The van der Waals surface area contributed by atoms with E-state index in [0.717, 1.165) is 148 Å². The maximum Gasteiger partial charge on any atom is 0.490 e. The number of thiophene rings is 4. The predicted molar refractivity (Wildman–Crippen MR) is 423 cm³/mol. The summed E-state index contributed by atoms with van der Waals surface area (Å²) < 4.78 is 1.96. The number of rotatable bonds is 13. The van der Waals surface area contributed by atoms with E-state index in [1.807, 2.05) is 70.4 Å². The maximum atomic E-state index is 12.6. The molecule has 0 aromatic carbocycles. The lowest BCUT2D eigenvalue weighted by atomic mass is 9.81. The molecule has 0 bridgehead atoms. The number of carbonyl (C=O) groups excluding carboxylic acids is 3. The number of carboxylic acid groups (broad SMARTS) is 1. The van der Waals surface area contributed by atoms with Gasteiger partial charge in [0, 0.05) is 82.4 Å². The molecule has 0 radical (unpaired) electrons. The molecule has 12 aromatic heterocycles. The Balaban J connectivity index is 0.000000132. The van der Waals surface area contributed by atoms with Crippen LogP contribution in [0.3, 0.4) is 0 Å². The molecular formula is C75H79BBr2ClN15O7S4. The molecule has 0 fully saturated rings. The number of carbonyl (C=O) groups is 4. The predicted octanol–water partition coefficient (Wildman–Crippen LogP) is 14.1. The van der Waals surface area contributed by atoms with Crippen LogP contribution in [0.4, 0.5) is 0 Å². The Morgan fingerprint density at radius 1 is 0.505 bits per heavy atom. The Morgan fingerprint density at radius 3 is 1.36 bits per heavy atom. The third kappa shape index (κ3) is 20.8. The van der Waals surface area contributed by atoms with E-state index in [9.17, 15) is 19.2 Å². The van der Waals surface area contributed by atoms with Crippen molar-refractivity contribution in [3.8, 4) is 11.3 Å². The molecule has 0 spiro atoms. The molecule has 16 rings (SSSR count). The van der Waals surface area contributed by atoms with Gasteiger partial charge in [-0.25, -0.2) is 24.7 Å². The molecular weight excluding hydrogens is 1560 g/mol. The van der Waals surface area contributed by atoms with Gasteiger partial charge < -0.3 is 41.8 Å². The Bertz CT molecular complexity index is 4960. The number of aromatic carboxylic acids is 1. The van der Waals surface area contributed by atoms with Crippen LogP contribution in [0.25, 0.3) is 33.3 Å². The lowest BCUT2D eigenvalue weighted by Crippen LogP contribution is -2.31. The summed E-state index contributed by atoms with van der Waals surface area (Å²) in [6.07, 6.45) is 31.7. The van der Waals surface area contributed by atoms with E-state index in [-0.39, 0.29) is 17.7 Å². The van der Waals surface area contributed by atoms with Gasteiger partial charge in [0.2, 0.25) is 0 Å².